The number of nitrogens with one attached hydrogen (secondary N) is 1. The van der Waals surface area contributed by atoms with Gasteiger partial charge in [0.15, 0.2) is 5.82 Å². The van der Waals surface area contributed by atoms with Crippen LogP contribution >= 0.6 is 0 Å². The minimum absolute atomic E-state index is 0.0778. The third-order valence-corrected chi connectivity index (χ3v) is 3.49. The van der Waals surface area contributed by atoms with Gasteiger partial charge in [0.05, 0.1) is 6.10 Å². The lowest BCUT2D eigenvalue weighted by Crippen LogP contribution is -2.26. The Morgan fingerprint density at radius 2 is 2.16 bits per heavy atom. The lowest BCUT2D eigenvalue weighted by molar-refractivity contribution is 0.232. The second-order valence-electron chi connectivity index (χ2n) is 5.33. The molecule has 1 aliphatic carbocycles. The largest absolute Gasteiger partial charge is 0.472 e. The van der Waals surface area contributed by atoms with Gasteiger partial charge < -0.3 is 15.2 Å². The van der Waals surface area contributed by atoms with Gasteiger partial charge in [-0.15, -0.1) is 0 Å². The molecule has 2 unspecified atom stereocenters. The van der Waals surface area contributed by atoms with Crippen LogP contribution in [-0.4, -0.2) is 33.8 Å². The van der Waals surface area contributed by atoms with Crippen molar-refractivity contribution in [3.8, 4) is 5.88 Å². The molecule has 0 radical (unpaired) electrons. The third-order valence-electron chi connectivity index (χ3n) is 3.49. The molecule has 106 valence electrons. The van der Waals surface area contributed by atoms with Crippen LogP contribution in [0.5, 0.6) is 5.88 Å². The molecule has 2 atom stereocenters. The number of aromatic nitrogens is 2. The molecule has 1 heterocycles. The van der Waals surface area contributed by atoms with Gasteiger partial charge in [0.2, 0.25) is 0 Å². The van der Waals surface area contributed by atoms with Gasteiger partial charge in [0.25, 0.3) is 5.88 Å². The Bertz CT molecular complexity index is 398. The van der Waals surface area contributed by atoms with E-state index in [0.717, 1.165) is 12.8 Å². The van der Waals surface area contributed by atoms with Crippen molar-refractivity contribution in [3.05, 3.63) is 12.4 Å². The second kappa shape index (κ2) is 6.70. The van der Waals surface area contributed by atoms with E-state index in [1.165, 1.54) is 12.8 Å². The van der Waals surface area contributed by atoms with E-state index in [4.69, 9.17) is 9.84 Å². The molecule has 5 nitrogen and oxygen atoms in total. The maximum Gasteiger partial charge on any atom is 0.257 e. The number of hydrogen-bond donors (Lipinski definition) is 2. The Balaban J connectivity index is 2.05. The number of rotatable bonds is 6. The van der Waals surface area contributed by atoms with Crippen molar-refractivity contribution in [1.29, 1.82) is 0 Å². The highest BCUT2D eigenvalue weighted by atomic mass is 16.5. The lowest BCUT2D eigenvalue weighted by Gasteiger charge is -2.22. The van der Waals surface area contributed by atoms with Crippen LogP contribution in [-0.2, 0) is 0 Å². The Morgan fingerprint density at radius 3 is 2.89 bits per heavy atom. The zero-order valence-corrected chi connectivity index (χ0v) is 11.7. The number of anilines is 1. The average molecular weight is 265 g/mol. The quantitative estimate of drug-likeness (QED) is 0.825. The third kappa shape index (κ3) is 3.80. The van der Waals surface area contributed by atoms with Crippen molar-refractivity contribution < 1.29 is 9.84 Å². The first kappa shape index (κ1) is 14.1. The molecule has 1 aromatic rings. The minimum atomic E-state index is 0.0778. The second-order valence-corrected chi connectivity index (χ2v) is 5.33. The summed E-state index contributed by atoms with van der Waals surface area (Å²) in [5.41, 5.74) is 0. The van der Waals surface area contributed by atoms with Crippen LogP contribution in [0.4, 0.5) is 5.82 Å². The summed E-state index contributed by atoms with van der Waals surface area (Å²) in [6.07, 6.45) is 7.71. The highest BCUT2D eigenvalue weighted by Gasteiger charge is 2.27. The van der Waals surface area contributed by atoms with E-state index in [2.05, 4.69) is 15.3 Å². The maximum absolute atomic E-state index is 9.10. The van der Waals surface area contributed by atoms with Gasteiger partial charge in [-0.1, -0.05) is 6.42 Å². The molecule has 1 aromatic heterocycles. The molecule has 0 aromatic carbocycles. The fourth-order valence-electron chi connectivity index (χ4n) is 2.65. The summed E-state index contributed by atoms with van der Waals surface area (Å²) in [6.45, 7) is 4.20. The highest BCUT2D eigenvalue weighted by Crippen LogP contribution is 2.32. The molecule has 0 amide bonds. The smallest absolute Gasteiger partial charge is 0.257 e. The topological polar surface area (TPSA) is 67.3 Å². The summed E-state index contributed by atoms with van der Waals surface area (Å²) < 4.78 is 5.67. The summed E-state index contributed by atoms with van der Waals surface area (Å²) in [5.74, 6) is 1.79. The SMILES string of the molecule is CC(C)Oc1nccnc1NC1CCCC1CCO. The van der Waals surface area contributed by atoms with Crippen LogP contribution in [0, 0.1) is 5.92 Å². The van der Waals surface area contributed by atoms with Gasteiger partial charge in [0, 0.05) is 25.0 Å². The van der Waals surface area contributed by atoms with E-state index in [1.807, 2.05) is 13.8 Å². The van der Waals surface area contributed by atoms with Crippen LogP contribution in [0.3, 0.4) is 0 Å². The lowest BCUT2D eigenvalue weighted by atomic mass is 10.0. The summed E-state index contributed by atoms with van der Waals surface area (Å²) in [6, 6.07) is 0.360. The number of aliphatic hydroxyl groups is 1. The molecular formula is C14H23N3O2. The number of aliphatic hydroxyl groups excluding tert-OH is 1. The Morgan fingerprint density at radius 1 is 1.37 bits per heavy atom. The van der Waals surface area contributed by atoms with Crippen LogP contribution in [0.15, 0.2) is 12.4 Å². The van der Waals surface area contributed by atoms with E-state index >= 15 is 0 Å². The predicted octanol–water partition coefficient (Wildman–Crippen LogP) is 2.23. The Labute approximate surface area is 114 Å². The fourth-order valence-corrected chi connectivity index (χ4v) is 2.65. The molecular weight excluding hydrogens is 242 g/mol. The Kier molecular flexibility index (Phi) is 4.96. The van der Waals surface area contributed by atoms with E-state index < -0.39 is 0 Å². The van der Waals surface area contributed by atoms with E-state index in [9.17, 15) is 0 Å². The van der Waals surface area contributed by atoms with Crippen molar-refractivity contribution in [1.82, 2.24) is 9.97 Å². The van der Waals surface area contributed by atoms with Gasteiger partial charge in [-0.25, -0.2) is 9.97 Å². The molecule has 1 fully saturated rings. The summed E-state index contributed by atoms with van der Waals surface area (Å²) in [7, 11) is 0. The van der Waals surface area contributed by atoms with Crippen molar-refractivity contribution in [2.45, 2.75) is 51.7 Å². The molecule has 2 rings (SSSR count). The molecule has 0 saturated heterocycles. The molecule has 5 heteroatoms. The van der Waals surface area contributed by atoms with E-state index in [-0.39, 0.29) is 12.7 Å². The van der Waals surface area contributed by atoms with Crippen LogP contribution in [0.25, 0.3) is 0 Å². The van der Waals surface area contributed by atoms with Gasteiger partial charge in [-0.05, 0) is 39.0 Å². The van der Waals surface area contributed by atoms with Crippen LogP contribution < -0.4 is 10.1 Å². The zero-order chi connectivity index (χ0) is 13.7. The van der Waals surface area contributed by atoms with Gasteiger partial charge >= 0.3 is 0 Å². The summed E-state index contributed by atoms with van der Waals surface area (Å²) in [4.78, 5) is 8.56. The minimum Gasteiger partial charge on any atom is -0.472 e. The molecule has 1 saturated carbocycles. The number of ether oxygens (including phenoxy) is 1. The summed E-state index contributed by atoms with van der Waals surface area (Å²) >= 11 is 0. The van der Waals surface area contributed by atoms with Gasteiger partial charge in [0.1, 0.15) is 0 Å². The number of nitrogens with zero attached hydrogens (tertiary/aromatic N) is 2. The van der Waals surface area contributed by atoms with Crippen LogP contribution in [0.1, 0.15) is 39.5 Å². The van der Waals surface area contributed by atoms with Crippen molar-refractivity contribution in [2.24, 2.45) is 5.92 Å². The van der Waals surface area contributed by atoms with Crippen LogP contribution in [0.2, 0.25) is 0 Å². The zero-order valence-electron chi connectivity index (χ0n) is 11.7. The van der Waals surface area contributed by atoms with E-state index in [1.54, 1.807) is 12.4 Å². The molecule has 0 spiro atoms. The maximum atomic E-state index is 9.10. The molecule has 0 bridgehead atoms. The first-order valence-electron chi connectivity index (χ1n) is 7.05. The standard InChI is InChI=1S/C14H23N3O2/c1-10(2)19-14-13(15-7-8-16-14)17-12-5-3-4-11(12)6-9-18/h7-8,10-12,18H,3-6,9H2,1-2H3,(H,15,17). The molecule has 2 N–H and O–H groups in total. The summed E-state index contributed by atoms with van der Waals surface area (Å²) in [5, 5.41) is 12.5. The van der Waals surface area contributed by atoms with E-state index in [0.29, 0.717) is 23.7 Å². The molecule has 0 aliphatic heterocycles. The first-order chi connectivity index (χ1) is 9.20. The predicted molar refractivity (Wildman–Crippen MR) is 74.3 cm³/mol. The number of hydrogen-bond acceptors (Lipinski definition) is 5. The van der Waals surface area contributed by atoms with Gasteiger partial charge in [-0.3, -0.25) is 0 Å². The average Bonchev–Trinajstić information content (AvgIpc) is 2.79. The van der Waals surface area contributed by atoms with Crippen molar-refractivity contribution in [2.75, 3.05) is 11.9 Å². The van der Waals surface area contributed by atoms with Crippen molar-refractivity contribution in [3.63, 3.8) is 0 Å². The first-order valence-corrected chi connectivity index (χ1v) is 7.05. The van der Waals surface area contributed by atoms with Gasteiger partial charge in [-0.2, -0.15) is 0 Å². The Hall–Kier alpha value is -1.36. The normalized spacial score (nSPS) is 22.7. The molecule has 19 heavy (non-hydrogen) atoms. The fraction of sp³-hybridized carbons (Fsp3) is 0.714. The monoisotopic (exact) mass is 265 g/mol. The van der Waals surface area contributed by atoms with Crippen molar-refractivity contribution >= 4 is 5.82 Å². The highest BCUT2D eigenvalue weighted by molar-refractivity contribution is 5.45. The molecule has 1 aliphatic rings.